The number of hydrogen-bond acceptors (Lipinski definition) is 3. The highest BCUT2D eigenvalue weighted by molar-refractivity contribution is 6.29. The van der Waals surface area contributed by atoms with Crippen molar-refractivity contribution in [1.82, 2.24) is 10.0 Å². The third-order valence-corrected chi connectivity index (χ3v) is 2.10. The van der Waals surface area contributed by atoms with E-state index in [1.165, 1.54) is 26.3 Å². The number of carbonyl (C=O) groups excluding carboxylic acids is 1. The van der Waals surface area contributed by atoms with Crippen LogP contribution in [0, 0.1) is 0 Å². The monoisotopic (exact) mass is 250 g/mol. The molecule has 0 unspecified atom stereocenters. The highest BCUT2D eigenvalue weighted by Crippen LogP contribution is 2.23. The zero-order valence-electron chi connectivity index (χ0n) is 8.58. The van der Waals surface area contributed by atoms with Gasteiger partial charge in [-0.1, -0.05) is 11.6 Å². The van der Waals surface area contributed by atoms with E-state index in [1.807, 2.05) is 0 Å². The van der Waals surface area contributed by atoms with Crippen LogP contribution in [-0.2, 0) is 4.84 Å². The maximum Gasteiger partial charge on any atom is 0.281 e. The molecule has 4 nitrogen and oxygen atoms in total. The van der Waals surface area contributed by atoms with Crippen LogP contribution in [0.3, 0.4) is 0 Å². The second-order valence-corrected chi connectivity index (χ2v) is 3.24. The maximum atomic E-state index is 12.6. The van der Waals surface area contributed by atoms with Crippen LogP contribution in [0.1, 0.15) is 22.5 Å². The molecule has 0 aliphatic rings. The Morgan fingerprint density at radius 2 is 2.19 bits per heavy atom. The third-order valence-electron chi connectivity index (χ3n) is 1.89. The number of amides is 1. The fourth-order valence-corrected chi connectivity index (χ4v) is 1.20. The molecule has 0 saturated carbocycles. The van der Waals surface area contributed by atoms with Gasteiger partial charge in [-0.05, 0) is 12.1 Å². The Kier molecular flexibility index (Phi) is 4.14. The highest BCUT2D eigenvalue weighted by Gasteiger charge is 2.22. The van der Waals surface area contributed by atoms with Crippen molar-refractivity contribution >= 4 is 17.5 Å². The van der Waals surface area contributed by atoms with Gasteiger partial charge in [0.15, 0.2) is 0 Å². The van der Waals surface area contributed by atoms with E-state index in [9.17, 15) is 13.6 Å². The summed E-state index contributed by atoms with van der Waals surface area (Å²) in [6.07, 6.45) is -2.87. The lowest BCUT2D eigenvalue weighted by atomic mass is 10.2. The van der Waals surface area contributed by atoms with Crippen molar-refractivity contribution in [3.8, 4) is 0 Å². The van der Waals surface area contributed by atoms with E-state index in [0.717, 1.165) is 5.06 Å². The molecule has 0 bridgehead atoms. The fourth-order valence-electron chi connectivity index (χ4n) is 1.05. The predicted octanol–water partition coefficient (Wildman–Crippen LogP) is 2.31. The van der Waals surface area contributed by atoms with Gasteiger partial charge in [-0.25, -0.2) is 18.8 Å². The molecule has 1 heterocycles. The maximum absolute atomic E-state index is 12.6. The highest BCUT2D eigenvalue weighted by atomic mass is 35.5. The Labute approximate surface area is 95.7 Å². The summed E-state index contributed by atoms with van der Waals surface area (Å²) in [4.78, 5) is 19.6. The molecule has 0 spiro atoms. The van der Waals surface area contributed by atoms with Crippen molar-refractivity contribution < 1.29 is 18.4 Å². The zero-order valence-corrected chi connectivity index (χ0v) is 9.33. The average Bonchev–Trinajstić information content (AvgIpc) is 2.26. The number of rotatable bonds is 3. The summed E-state index contributed by atoms with van der Waals surface area (Å²) < 4.78 is 25.2. The molecular weight excluding hydrogens is 242 g/mol. The fraction of sp³-hybridized carbons (Fsp3) is 0.333. The van der Waals surface area contributed by atoms with Crippen molar-refractivity contribution in [2.24, 2.45) is 0 Å². The second-order valence-electron chi connectivity index (χ2n) is 2.85. The van der Waals surface area contributed by atoms with Gasteiger partial charge >= 0.3 is 0 Å². The van der Waals surface area contributed by atoms with Gasteiger partial charge in [0, 0.05) is 7.05 Å². The van der Waals surface area contributed by atoms with Crippen LogP contribution < -0.4 is 0 Å². The summed E-state index contributed by atoms with van der Waals surface area (Å²) in [7, 11) is 2.56. The normalized spacial score (nSPS) is 10.6. The van der Waals surface area contributed by atoms with Gasteiger partial charge in [-0.2, -0.15) is 0 Å². The van der Waals surface area contributed by atoms with E-state index in [-0.39, 0.29) is 10.7 Å². The Balaban J connectivity index is 3.17. The lowest BCUT2D eigenvalue weighted by molar-refractivity contribution is -0.0759. The zero-order chi connectivity index (χ0) is 12.3. The van der Waals surface area contributed by atoms with Crippen molar-refractivity contribution in [1.29, 1.82) is 0 Å². The van der Waals surface area contributed by atoms with Crippen LogP contribution in [0.5, 0.6) is 0 Å². The minimum absolute atomic E-state index is 0.0908. The molecule has 0 N–H and O–H groups in total. The van der Waals surface area contributed by atoms with Gasteiger partial charge in [0.25, 0.3) is 12.3 Å². The first-order valence-electron chi connectivity index (χ1n) is 4.24. The van der Waals surface area contributed by atoms with Crippen molar-refractivity contribution in [2.45, 2.75) is 6.43 Å². The SMILES string of the molecule is CON(C)C(=O)c1ccc(Cl)nc1C(F)F. The molecule has 16 heavy (non-hydrogen) atoms. The molecule has 1 aromatic rings. The van der Waals surface area contributed by atoms with E-state index in [1.54, 1.807) is 0 Å². The van der Waals surface area contributed by atoms with Crippen LogP contribution >= 0.6 is 11.6 Å². The summed E-state index contributed by atoms with van der Waals surface area (Å²) in [5.41, 5.74) is -0.884. The van der Waals surface area contributed by atoms with Crippen molar-refractivity contribution in [3.63, 3.8) is 0 Å². The molecule has 0 atom stereocenters. The lowest BCUT2D eigenvalue weighted by Crippen LogP contribution is -2.26. The van der Waals surface area contributed by atoms with E-state index < -0.39 is 18.0 Å². The molecule has 0 aromatic carbocycles. The van der Waals surface area contributed by atoms with Crippen LogP contribution in [0.25, 0.3) is 0 Å². The standard InChI is InChI=1S/C9H9ClF2N2O2/c1-14(16-2)9(15)5-3-4-6(10)13-7(5)8(11)12/h3-4,8H,1-2H3. The molecule has 1 aromatic heterocycles. The van der Waals surface area contributed by atoms with Crippen LogP contribution in [0.15, 0.2) is 12.1 Å². The summed E-state index contributed by atoms with van der Waals surface area (Å²) in [5, 5.41) is 0.739. The van der Waals surface area contributed by atoms with Gasteiger partial charge in [0.05, 0.1) is 12.7 Å². The summed E-state index contributed by atoms with van der Waals surface area (Å²) in [5.74, 6) is -0.707. The molecule has 0 aliphatic heterocycles. The first-order chi connectivity index (χ1) is 7.47. The van der Waals surface area contributed by atoms with Gasteiger partial charge in [-0.15, -0.1) is 0 Å². The van der Waals surface area contributed by atoms with Crippen molar-refractivity contribution in [2.75, 3.05) is 14.2 Å². The Morgan fingerprint density at radius 3 is 2.69 bits per heavy atom. The summed E-state index contributed by atoms with van der Waals surface area (Å²) >= 11 is 5.48. The molecule has 7 heteroatoms. The van der Waals surface area contributed by atoms with Gasteiger partial charge in [0.1, 0.15) is 10.8 Å². The minimum Gasteiger partial charge on any atom is -0.274 e. The second kappa shape index (κ2) is 5.18. The smallest absolute Gasteiger partial charge is 0.274 e. The number of carbonyl (C=O) groups is 1. The van der Waals surface area contributed by atoms with Crippen LogP contribution in [0.4, 0.5) is 8.78 Å². The van der Waals surface area contributed by atoms with Crippen molar-refractivity contribution in [3.05, 3.63) is 28.5 Å². The first kappa shape index (κ1) is 12.8. The molecule has 1 amide bonds. The topological polar surface area (TPSA) is 42.4 Å². The summed E-state index contributed by atoms with van der Waals surface area (Å²) in [6, 6.07) is 2.46. The number of aromatic nitrogens is 1. The lowest BCUT2D eigenvalue weighted by Gasteiger charge is -2.15. The summed E-state index contributed by atoms with van der Waals surface area (Å²) in [6.45, 7) is 0. The van der Waals surface area contributed by atoms with Crippen LogP contribution in [-0.4, -0.2) is 30.1 Å². The van der Waals surface area contributed by atoms with E-state index in [0.29, 0.717) is 0 Å². The minimum atomic E-state index is -2.87. The number of alkyl halides is 2. The molecule has 0 fully saturated rings. The number of pyridine rings is 1. The molecule has 1 rings (SSSR count). The largest absolute Gasteiger partial charge is 0.281 e. The third kappa shape index (κ3) is 2.65. The molecule has 88 valence electrons. The van der Waals surface area contributed by atoms with Gasteiger partial charge in [0.2, 0.25) is 0 Å². The van der Waals surface area contributed by atoms with Gasteiger partial charge in [-0.3, -0.25) is 9.63 Å². The molecule has 0 aliphatic carbocycles. The molecular formula is C9H9ClF2N2O2. The van der Waals surface area contributed by atoms with Gasteiger partial charge < -0.3 is 0 Å². The van der Waals surface area contributed by atoms with Crippen LogP contribution in [0.2, 0.25) is 5.15 Å². The van der Waals surface area contributed by atoms with E-state index in [2.05, 4.69) is 9.82 Å². The quantitative estimate of drug-likeness (QED) is 0.611. The first-order valence-corrected chi connectivity index (χ1v) is 4.62. The Hall–Kier alpha value is -1.27. The number of nitrogens with zero attached hydrogens (tertiary/aromatic N) is 2. The molecule has 0 radical (unpaired) electrons. The predicted molar refractivity (Wildman–Crippen MR) is 53.3 cm³/mol. The Morgan fingerprint density at radius 1 is 1.56 bits per heavy atom. The number of hydrogen-bond donors (Lipinski definition) is 0. The number of hydroxylamine groups is 2. The number of halogens is 3. The van der Waals surface area contributed by atoms with E-state index in [4.69, 9.17) is 11.6 Å². The van der Waals surface area contributed by atoms with E-state index >= 15 is 0 Å². The molecule has 0 saturated heterocycles. The average molecular weight is 251 g/mol. The Bertz CT molecular complexity index is 401.